The second-order valence-corrected chi connectivity index (χ2v) is 9.97. The molecule has 1 aliphatic rings. The molecule has 0 spiro atoms. The number of carboxylic acid groups (broad SMARTS) is 1. The van der Waals surface area contributed by atoms with E-state index in [1.807, 2.05) is 24.3 Å². The molecule has 0 amide bonds. The maximum atomic E-state index is 12.1. The molecule has 186 valence electrons. The van der Waals surface area contributed by atoms with Gasteiger partial charge in [-0.15, -0.1) is 0 Å². The monoisotopic (exact) mass is 496 g/mol. The highest BCUT2D eigenvalue weighted by molar-refractivity contribution is 7.99. The molecule has 1 saturated heterocycles. The van der Waals surface area contributed by atoms with Gasteiger partial charge in [0.15, 0.2) is 5.16 Å². The summed E-state index contributed by atoms with van der Waals surface area (Å²) in [5.74, 6) is 0.495. The fraction of sp³-hybridized carbons (Fsp3) is 0.462. The third-order valence-corrected chi connectivity index (χ3v) is 7.66. The van der Waals surface area contributed by atoms with Crippen LogP contribution in [-0.2, 0) is 4.79 Å². The fourth-order valence-electron chi connectivity index (χ4n) is 4.80. The Bertz CT molecular complexity index is 1120. The van der Waals surface area contributed by atoms with Crippen molar-refractivity contribution >= 4 is 28.6 Å². The molecule has 1 unspecified atom stereocenters. The summed E-state index contributed by atoms with van der Waals surface area (Å²) in [5.41, 5.74) is 1.61. The van der Waals surface area contributed by atoms with Gasteiger partial charge in [0.25, 0.3) is 0 Å². The molecule has 0 bridgehead atoms. The third kappa shape index (κ3) is 6.68. The largest absolute Gasteiger partial charge is 0.497 e. The van der Waals surface area contributed by atoms with Gasteiger partial charge in [-0.25, -0.2) is 9.97 Å². The maximum Gasteiger partial charge on any atom is 0.308 e. The van der Waals surface area contributed by atoms with Crippen molar-refractivity contribution in [2.24, 2.45) is 11.8 Å². The number of piperidine rings is 1. The number of rotatable bonds is 11. The topological polar surface area (TPSA) is 109 Å². The third-order valence-electron chi connectivity index (χ3n) is 6.70. The first-order chi connectivity index (χ1) is 17.0. The van der Waals surface area contributed by atoms with Gasteiger partial charge in [0.2, 0.25) is 0 Å². The van der Waals surface area contributed by atoms with E-state index in [0.717, 1.165) is 53.3 Å². The first kappa shape index (κ1) is 25.3. The van der Waals surface area contributed by atoms with Crippen molar-refractivity contribution in [3.8, 4) is 5.75 Å². The van der Waals surface area contributed by atoms with Gasteiger partial charge in [-0.05, 0) is 80.6 Å². The average molecular weight is 497 g/mol. The summed E-state index contributed by atoms with van der Waals surface area (Å²) in [6, 6.07) is 9.26. The van der Waals surface area contributed by atoms with Crippen molar-refractivity contribution in [3.63, 3.8) is 0 Å². The number of carbonyl (C=O) groups is 1. The molecule has 8 nitrogen and oxygen atoms in total. The van der Waals surface area contributed by atoms with Gasteiger partial charge >= 0.3 is 5.97 Å². The van der Waals surface area contributed by atoms with E-state index >= 15 is 0 Å². The molecule has 9 heteroatoms. The fourth-order valence-corrected chi connectivity index (χ4v) is 5.53. The molecule has 35 heavy (non-hydrogen) atoms. The Morgan fingerprint density at radius 3 is 2.83 bits per heavy atom. The van der Waals surface area contributed by atoms with E-state index in [-0.39, 0.29) is 5.92 Å². The number of nitrogens with zero attached hydrogens (tertiary/aromatic N) is 4. The molecular weight excluding hydrogens is 464 g/mol. The summed E-state index contributed by atoms with van der Waals surface area (Å²) < 4.78 is 5.33. The molecule has 2 N–H and O–H groups in total. The molecule has 1 aliphatic heterocycles. The number of methoxy groups -OCH3 is 1. The van der Waals surface area contributed by atoms with Crippen LogP contribution < -0.4 is 4.74 Å². The van der Waals surface area contributed by atoms with Crippen LogP contribution in [0, 0.1) is 11.8 Å². The number of carboxylic acids is 1. The number of pyridine rings is 1. The van der Waals surface area contributed by atoms with E-state index in [1.54, 1.807) is 43.5 Å². The van der Waals surface area contributed by atoms with Crippen molar-refractivity contribution < 1.29 is 19.7 Å². The molecular formula is C26H32N4O4S. The van der Waals surface area contributed by atoms with Crippen LogP contribution in [0.1, 0.15) is 37.4 Å². The van der Waals surface area contributed by atoms with Crippen molar-refractivity contribution in [1.82, 2.24) is 19.9 Å². The zero-order valence-electron chi connectivity index (χ0n) is 19.9. The lowest BCUT2D eigenvalue weighted by Gasteiger charge is -2.37. The number of thioether (sulfide) groups is 1. The van der Waals surface area contributed by atoms with Crippen LogP contribution in [0.3, 0.4) is 0 Å². The van der Waals surface area contributed by atoms with E-state index < -0.39 is 18.0 Å². The Hall–Kier alpha value is -2.75. The Balaban J connectivity index is 1.30. The number of aliphatic hydroxyl groups is 1. The summed E-state index contributed by atoms with van der Waals surface area (Å²) >= 11 is 1.62. The summed E-state index contributed by atoms with van der Waals surface area (Å²) in [6.45, 7) is 2.30. The summed E-state index contributed by atoms with van der Waals surface area (Å²) in [7, 11) is 1.61. The highest BCUT2D eigenvalue weighted by Crippen LogP contribution is 2.33. The molecule has 3 aromatic rings. The highest BCUT2D eigenvalue weighted by Gasteiger charge is 2.34. The maximum absolute atomic E-state index is 12.1. The lowest BCUT2D eigenvalue weighted by Crippen LogP contribution is -2.44. The van der Waals surface area contributed by atoms with Gasteiger partial charge in [-0.1, -0.05) is 11.8 Å². The van der Waals surface area contributed by atoms with Crippen molar-refractivity contribution in [3.05, 3.63) is 54.5 Å². The van der Waals surface area contributed by atoms with Crippen molar-refractivity contribution in [1.29, 1.82) is 0 Å². The van der Waals surface area contributed by atoms with E-state index in [0.29, 0.717) is 25.1 Å². The van der Waals surface area contributed by atoms with Gasteiger partial charge < -0.3 is 19.8 Å². The lowest BCUT2D eigenvalue weighted by atomic mass is 9.81. The highest BCUT2D eigenvalue weighted by atomic mass is 32.2. The number of aromatic nitrogens is 3. The minimum absolute atomic E-state index is 0.0492. The average Bonchev–Trinajstić information content (AvgIpc) is 2.89. The Morgan fingerprint density at radius 2 is 2.06 bits per heavy atom. The van der Waals surface area contributed by atoms with Crippen LogP contribution in [-0.4, -0.2) is 68.5 Å². The molecule has 1 fully saturated rings. The molecule has 2 aromatic heterocycles. The standard InChI is InChI=1S/C26H32N4O4S/c1-34-19-5-6-23-21(16-19)20(8-12-27-23)24(31)7-4-18-9-14-30(17-22(18)25(32)33)13-3-15-35-26-28-10-2-11-29-26/h2,5-6,8,10-12,16,18,22,24,31H,3-4,7,9,13-15,17H2,1H3,(H,32,33)/t18-,22+,24?/m1/s1. The van der Waals surface area contributed by atoms with Crippen molar-refractivity contribution in [2.75, 3.05) is 32.5 Å². The number of fused-ring (bicyclic) bond motifs is 1. The quantitative estimate of drug-likeness (QED) is 0.231. The Morgan fingerprint density at radius 1 is 1.23 bits per heavy atom. The predicted molar refractivity (Wildman–Crippen MR) is 136 cm³/mol. The lowest BCUT2D eigenvalue weighted by molar-refractivity contribution is -0.146. The minimum Gasteiger partial charge on any atom is -0.497 e. The SMILES string of the molecule is COc1ccc2nccc(C(O)CC[C@@H]3CCN(CCCSc4ncccn4)C[C@@H]3C(=O)O)c2c1. The number of hydrogen-bond donors (Lipinski definition) is 2. The molecule has 4 rings (SSSR count). The van der Waals surface area contributed by atoms with E-state index in [4.69, 9.17) is 4.74 Å². The van der Waals surface area contributed by atoms with Crippen LogP contribution in [0.5, 0.6) is 5.75 Å². The molecule has 1 aromatic carbocycles. The van der Waals surface area contributed by atoms with E-state index in [9.17, 15) is 15.0 Å². The smallest absolute Gasteiger partial charge is 0.308 e. The first-order valence-corrected chi connectivity index (χ1v) is 13.0. The molecule has 0 aliphatic carbocycles. The van der Waals surface area contributed by atoms with Gasteiger partial charge in [0.05, 0.1) is 24.6 Å². The summed E-state index contributed by atoms with van der Waals surface area (Å²) in [4.78, 5) is 27.1. The van der Waals surface area contributed by atoms with E-state index in [2.05, 4.69) is 19.9 Å². The van der Waals surface area contributed by atoms with Gasteiger partial charge in [0.1, 0.15) is 5.75 Å². The first-order valence-electron chi connectivity index (χ1n) is 12.0. The van der Waals surface area contributed by atoms with Crippen molar-refractivity contribution in [2.45, 2.75) is 36.9 Å². The van der Waals surface area contributed by atoms with Crippen LogP contribution in [0.4, 0.5) is 0 Å². The molecule has 3 atom stereocenters. The predicted octanol–water partition coefficient (Wildman–Crippen LogP) is 4.05. The van der Waals surface area contributed by atoms with Crippen LogP contribution >= 0.6 is 11.8 Å². The summed E-state index contributed by atoms with van der Waals surface area (Å²) in [5, 5.41) is 22.5. The number of hydrogen-bond acceptors (Lipinski definition) is 8. The van der Waals surface area contributed by atoms with Gasteiger partial charge in [-0.3, -0.25) is 9.78 Å². The van der Waals surface area contributed by atoms with Gasteiger partial charge in [0, 0.05) is 36.3 Å². The zero-order chi connectivity index (χ0) is 24.6. The van der Waals surface area contributed by atoms with Crippen LogP contribution in [0.15, 0.2) is 54.1 Å². The Kier molecular flexibility index (Phi) is 8.90. The second-order valence-electron chi connectivity index (χ2n) is 8.90. The number of aliphatic hydroxyl groups excluding tert-OH is 1. The van der Waals surface area contributed by atoms with Crippen LogP contribution in [0.25, 0.3) is 10.9 Å². The normalized spacial score (nSPS) is 19.5. The second kappa shape index (κ2) is 12.3. The molecule has 0 radical (unpaired) electrons. The van der Waals surface area contributed by atoms with Gasteiger partial charge in [-0.2, -0.15) is 0 Å². The number of ether oxygens (including phenoxy) is 1. The Labute approximate surface area is 209 Å². The number of likely N-dealkylation sites (tertiary alicyclic amines) is 1. The zero-order valence-corrected chi connectivity index (χ0v) is 20.7. The van der Waals surface area contributed by atoms with E-state index in [1.165, 1.54) is 0 Å². The summed E-state index contributed by atoms with van der Waals surface area (Å²) in [6.07, 6.45) is 7.46. The molecule has 3 heterocycles. The van der Waals surface area contributed by atoms with Crippen LogP contribution in [0.2, 0.25) is 0 Å². The molecule has 0 saturated carbocycles. The number of aliphatic carboxylic acids is 1. The minimum atomic E-state index is -0.750. The number of benzene rings is 1.